The van der Waals surface area contributed by atoms with Crippen molar-refractivity contribution in [3.63, 3.8) is 0 Å². The van der Waals surface area contributed by atoms with Crippen LogP contribution in [0.5, 0.6) is 0 Å². The highest BCUT2D eigenvalue weighted by Crippen LogP contribution is 2.69. The summed E-state index contributed by atoms with van der Waals surface area (Å²) in [5.41, 5.74) is -5.91. The molecule has 1 spiro atoms. The average Bonchev–Trinajstić information content (AvgIpc) is 2.72. The molecule has 4 fully saturated rings. The van der Waals surface area contributed by atoms with E-state index in [1.807, 2.05) is 0 Å². The zero-order valence-corrected chi connectivity index (χ0v) is 16.2. The van der Waals surface area contributed by atoms with Crippen molar-refractivity contribution in [3.05, 3.63) is 0 Å². The molecule has 2 bridgehead atoms. The van der Waals surface area contributed by atoms with Gasteiger partial charge >= 0.3 is 0 Å². The highest BCUT2D eigenvalue weighted by Gasteiger charge is 2.76. The molecule has 2 unspecified atom stereocenters. The summed E-state index contributed by atoms with van der Waals surface area (Å²) in [4.78, 5) is 0. The Morgan fingerprint density at radius 2 is 1.42 bits per heavy atom. The van der Waals surface area contributed by atoms with Gasteiger partial charge in [-0.05, 0) is 51.9 Å². The molecule has 0 aromatic carbocycles. The predicted molar refractivity (Wildman–Crippen MR) is 94.0 cm³/mol. The van der Waals surface area contributed by atoms with Gasteiger partial charge < -0.3 is 30.6 Å². The summed E-state index contributed by atoms with van der Waals surface area (Å²) in [6.07, 6.45) is -1.01. The molecule has 0 amide bonds. The van der Waals surface area contributed by atoms with Crippen LogP contribution in [-0.2, 0) is 0 Å². The third-order valence-corrected chi connectivity index (χ3v) is 9.26. The lowest BCUT2D eigenvalue weighted by Gasteiger charge is -2.51. The Kier molecular flexibility index (Phi) is 3.69. The first kappa shape index (κ1) is 19.1. The first-order valence-corrected chi connectivity index (χ1v) is 9.94. The molecule has 0 saturated heterocycles. The first-order valence-electron chi connectivity index (χ1n) is 9.94. The van der Waals surface area contributed by atoms with Crippen LogP contribution in [0.15, 0.2) is 0 Å². The van der Waals surface area contributed by atoms with Gasteiger partial charge in [0.05, 0.1) is 29.5 Å². The van der Waals surface area contributed by atoms with Crippen LogP contribution in [0.4, 0.5) is 0 Å². The Morgan fingerprint density at radius 3 is 2.04 bits per heavy atom. The van der Waals surface area contributed by atoms with Gasteiger partial charge in [0.1, 0.15) is 5.60 Å². The number of aliphatic hydroxyl groups is 6. The zero-order valence-electron chi connectivity index (χ0n) is 16.2. The van der Waals surface area contributed by atoms with E-state index >= 15 is 0 Å². The summed E-state index contributed by atoms with van der Waals surface area (Å²) < 4.78 is 0. The predicted octanol–water partition coefficient (Wildman–Crippen LogP) is 0.168. The Bertz CT molecular complexity index is 615. The van der Waals surface area contributed by atoms with Crippen LogP contribution in [-0.4, -0.2) is 65.8 Å². The maximum absolute atomic E-state index is 11.7. The molecule has 0 heterocycles. The van der Waals surface area contributed by atoms with Crippen molar-refractivity contribution in [1.29, 1.82) is 0 Å². The van der Waals surface area contributed by atoms with Crippen molar-refractivity contribution >= 4 is 0 Å². The molecule has 0 aromatic heterocycles. The molecule has 0 aliphatic heterocycles. The third-order valence-electron chi connectivity index (χ3n) is 9.26. The molecule has 6 N–H and O–H groups in total. The van der Waals surface area contributed by atoms with E-state index < -0.39 is 51.9 Å². The SMILES string of the molecule is CC1(O)C[C@@]23C[C@@H](O)[C@@]4(O)[C@@H](C[C@H](O)C4(C)C)[C@](C)(O)[C@@H]2CCC1[C@H]3O. The van der Waals surface area contributed by atoms with Gasteiger partial charge in [0, 0.05) is 22.7 Å². The van der Waals surface area contributed by atoms with Gasteiger partial charge in [-0.2, -0.15) is 0 Å². The molecule has 26 heavy (non-hydrogen) atoms. The second kappa shape index (κ2) is 5.02. The minimum atomic E-state index is -1.66. The molecule has 0 aromatic rings. The first-order chi connectivity index (χ1) is 11.7. The smallest absolute Gasteiger partial charge is 0.104 e. The van der Waals surface area contributed by atoms with Gasteiger partial charge in [0.2, 0.25) is 0 Å². The second-order valence-electron chi connectivity index (χ2n) is 10.7. The van der Waals surface area contributed by atoms with Crippen LogP contribution in [0.2, 0.25) is 0 Å². The second-order valence-corrected chi connectivity index (χ2v) is 10.7. The zero-order chi connectivity index (χ0) is 19.5. The molecular formula is C20H34O6. The monoisotopic (exact) mass is 370 g/mol. The fraction of sp³-hybridized carbons (Fsp3) is 1.00. The molecule has 150 valence electrons. The summed E-state index contributed by atoms with van der Waals surface area (Å²) in [6.45, 7) is 6.87. The quantitative estimate of drug-likeness (QED) is 0.361. The van der Waals surface area contributed by atoms with Crippen molar-refractivity contribution in [3.8, 4) is 0 Å². The summed E-state index contributed by atoms with van der Waals surface area (Å²) in [5, 5.41) is 67.1. The van der Waals surface area contributed by atoms with Gasteiger partial charge in [0.25, 0.3) is 0 Å². The number of hydrogen-bond acceptors (Lipinski definition) is 6. The van der Waals surface area contributed by atoms with E-state index in [-0.39, 0.29) is 24.7 Å². The lowest BCUT2D eigenvalue weighted by atomic mass is 9.57. The van der Waals surface area contributed by atoms with E-state index in [1.54, 1.807) is 27.7 Å². The average molecular weight is 370 g/mol. The van der Waals surface area contributed by atoms with Crippen molar-refractivity contribution < 1.29 is 30.6 Å². The van der Waals surface area contributed by atoms with Gasteiger partial charge in [-0.3, -0.25) is 0 Å². The summed E-state index contributed by atoms with van der Waals surface area (Å²) in [5.74, 6) is -1.34. The maximum atomic E-state index is 11.7. The van der Waals surface area contributed by atoms with Crippen molar-refractivity contribution in [2.75, 3.05) is 0 Å². The molecular weight excluding hydrogens is 336 g/mol. The Labute approximate surface area is 154 Å². The van der Waals surface area contributed by atoms with Crippen LogP contribution >= 0.6 is 0 Å². The lowest BCUT2D eigenvalue weighted by Crippen LogP contribution is -2.60. The van der Waals surface area contributed by atoms with Crippen molar-refractivity contribution in [1.82, 2.24) is 0 Å². The molecule has 6 nitrogen and oxygen atoms in total. The standard InChI is InChI=1S/C20H34O6/c1-16(2)13(21)7-12-18(4,25)11-6-5-10-15(23)19(11,9-17(10,3)24)8-14(22)20(12,16)26/h10-15,21-26H,5-9H2,1-4H3/t10?,11-,12-,13-,14+,15+,17?,18+,19-,20-/m0/s1. The summed E-state index contributed by atoms with van der Waals surface area (Å²) in [6, 6.07) is 0. The minimum Gasteiger partial charge on any atom is -0.392 e. The topological polar surface area (TPSA) is 121 Å². The summed E-state index contributed by atoms with van der Waals surface area (Å²) in [7, 11) is 0. The minimum absolute atomic E-state index is 0.116. The molecule has 4 rings (SSSR count). The number of rotatable bonds is 0. The third kappa shape index (κ3) is 1.89. The highest BCUT2D eigenvalue weighted by molar-refractivity contribution is 5.25. The largest absolute Gasteiger partial charge is 0.392 e. The van der Waals surface area contributed by atoms with E-state index in [0.29, 0.717) is 19.3 Å². The molecule has 10 atom stereocenters. The summed E-state index contributed by atoms with van der Waals surface area (Å²) >= 11 is 0. The van der Waals surface area contributed by atoms with Crippen LogP contribution in [0.1, 0.15) is 59.8 Å². The lowest BCUT2D eigenvalue weighted by molar-refractivity contribution is -0.201. The van der Waals surface area contributed by atoms with Crippen molar-refractivity contribution in [2.24, 2.45) is 28.6 Å². The van der Waals surface area contributed by atoms with Crippen LogP contribution < -0.4 is 0 Å². The number of aliphatic hydroxyl groups excluding tert-OH is 3. The highest BCUT2D eigenvalue weighted by atomic mass is 16.4. The van der Waals surface area contributed by atoms with Crippen molar-refractivity contribution in [2.45, 2.75) is 94.9 Å². The van der Waals surface area contributed by atoms with E-state index in [1.165, 1.54) is 0 Å². The Hall–Kier alpha value is -0.240. The van der Waals surface area contributed by atoms with E-state index in [2.05, 4.69) is 0 Å². The van der Waals surface area contributed by atoms with E-state index in [0.717, 1.165) is 0 Å². The number of fused-ring (bicyclic) bond motifs is 2. The molecule has 4 aliphatic rings. The molecule has 4 saturated carbocycles. The normalized spacial score (nSPS) is 63.9. The molecule has 6 heteroatoms. The van der Waals surface area contributed by atoms with Crippen LogP contribution in [0.25, 0.3) is 0 Å². The number of hydrogen-bond donors (Lipinski definition) is 6. The van der Waals surface area contributed by atoms with Gasteiger partial charge in [-0.15, -0.1) is 0 Å². The van der Waals surface area contributed by atoms with Crippen LogP contribution in [0, 0.1) is 28.6 Å². The molecule has 0 radical (unpaired) electrons. The maximum Gasteiger partial charge on any atom is 0.104 e. The van der Waals surface area contributed by atoms with Crippen LogP contribution in [0.3, 0.4) is 0 Å². The van der Waals surface area contributed by atoms with Gasteiger partial charge in [-0.1, -0.05) is 13.8 Å². The van der Waals surface area contributed by atoms with E-state index in [9.17, 15) is 30.6 Å². The fourth-order valence-electron chi connectivity index (χ4n) is 7.80. The van der Waals surface area contributed by atoms with Gasteiger partial charge in [0.15, 0.2) is 0 Å². The van der Waals surface area contributed by atoms with E-state index in [4.69, 9.17) is 0 Å². The van der Waals surface area contributed by atoms with Gasteiger partial charge in [-0.25, -0.2) is 0 Å². The molecule has 4 aliphatic carbocycles. The Balaban J connectivity index is 1.89. The fourth-order valence-corrected chi connectivity index (χ4v) is 7.80. The Morgan fingerprint density at radius 1 is 0.808 bits per heavy atom.